The Morgan fingerprint density at radius 1 is 1.20 bits per heavy atom. The van der Waals surface area contributed by atoms with E-state index in [0.717, 1.165) is 16.1 Å². The Morgan fingerprint density at radius 3 is 2.70 bits per heavy atom. The molecule has 0 atom stereocenters. The average molecular weight is 355 g/mol. The zero-order valence-corrected chi connectivity index (χ0v) is 12.8. The van der Waals surface area contributed by atoms with Crippen molar-refractivity contribution in [2.75, 3.05) is 0 Å². The molecule has 6 heteroatoms. The van der Waals surface area contributed by atoms with Crippen LogP contribution in [0.3, 0.4) is 0 Å². The molecule has 2 nitrogen and oxygen atoms in total. The molecule has 0 aliphatic carbocycles. The molecule has 0 bridgehead atoms. The van der Waals surface area contributed by atoms with E-state index in [1.54, 1.807) is 0 Å². The quantitative estimate of drug-likeness (QED) is 0.607. The molecule has 0 amide bonds. The van der Waals surface area contributed by atoms with Gasteiger partial charge in [0.05, 0.1) is 11.2 Å². The summed E-state index contributed by atoms with van der Waals surface area (Å²) < 4.78 is 30.2. The first kappa shape index (κ1) is 13.5. The molecule has 0 radical (unpaired) electrons. The van der Waals surface area contributed by atoms with Crippen molar-refractivity contribution in [3.8, 4) is 5.69 Å². The summed E-state index contributed by atoms with van der Waals surface area (Å²) in [5.41, 5.74) is 2.24. The monoisotopic (exact) mass is 354 g/mol. The third-order valence-corrected chi connectivity index (χ3v) is 4.04. The number of nitrogens with one attached hydrogen (secondary N) is 1. The number of halogens is 3. The summed E-state index contributed by atoms with van der Waals surface area (Å²) in [7, 11) is 0. The van der Waals surface area contributed by atoms with E-state index in [1.165, 1.54) is 10.6 Å². The van der Waals surface area contributed by atoms with Gasteiger partial charge >= 0.3 is 0 Å². The Hall–Kier alpha value is -1.53. The molecule has 20 heavy (non-hydrogen) atoms. The SMILES string of the molecule is Cc1ccc(Br)c(-n2c(=S)[nH]c3ccc(F)c(F)c32)c1. The van der Waals surface area contributed by atoms with Crippen LogP contribution in [0, 0.1) is 23.3 Å². The van der Waals surface area contributed by atoms with E-state index in [-0.39, 0.29) is 5.52 Å². The molecular formula is C14H9BrF2N2S. The molecule has 0 fully saturated rings. The maximum absolute atomic E-state index is 14.1. The van der Waals surface area contributed by atoms with Crippen molar-refractivity contribution < 1.29 is 8.78 Å². The fraction of sp³-hybridized carbons (Fsp3) is 0.0714. The Bertz CT molecular complexity index is 883. The number of H-pyrrole nitrogens is 1. The summed E-state index contributed by atoms with van der Waals surface area (Å²) in [5.74, 6) is -1.81. The molecule has 3 aromatic rings. The molecule has 0 spiro atoms. The fourth-order valence-corrected chi connectivity index (χ4v) is 2.88. The van der Waals surface area contributed by atoms with Crippen LogP contribution in [-0.4, -0.2) is 9.55 Å². The highest BCUT2D eigenvalue weighted by atomic mass is 79.9. The number of hydrogen-bond acceptors (Lipinski definition) is 1. The van der Waals surface area contributed by atoms with Crippen LogP contribution in [0.4, 0.5) is 8.78 Å². The predicted molar refractivity (Wildman–Crippen MR) is 80.8 cm³/mol. The van der Waals surface area contributed by atoms with Gasteiger partial charge in [0.2, 0.25) is 0 Å². The number of aryl methyl sites for hydroxylation is 1. The molecule has 1 aromatic heterocycles. The van der Waals surface area contributed by atoms with Crippen LogP contribution >= 0.6 is 28.1 Å². The first-order valence-electron chi connectivity index (χ1n) is 5.84. The van der Waals surface area contributed by atoms with E-state index >= 15 is 0 Å². The highest BCUT2D eigenvalue weighted by Gasteiger charge is 2.16. The molecule has 102 valence electrons. The van der Waals surface area contributed by atoms with E-state index in [2.05, 4.69) is 20.9 Å². The Labute approximate surface area is 127 Å². The lowest BCUT2D eigenvalue weighted by atomic mass is 10.2. The Balaban J connectivity index is 2.48. The smallest absolute Gasteiger partial charge is 0.184 e. The maximum Gasteiger partial charge on any atom is 0.184 e. The normalized spacial score (nSPS) is 11.2. The van der Waals surface area contributed by atoms with Gasteiger partial charge in [0, 0.05) is 4.47 Å². The zero-order chi connectivity index (χ0) is 14.4. The van der Waals surface area contributed by atoms with Crippen LogP contribution in [0.5, 0.6) is 0 Å². The number of benzene rings is 2. The molecule has 2 aromatic carbocycles. The lowest BCUT2D eigenvalue weighted by Gasteiger charge is -2.09. The van der Waals surface area contributed by atoms with E-state index in [9.17, 15) is 8.78 Å². The largest absolute Gasteiger partial charge is 0.330 e. The molecule has 1 heterocycles. The zero-order valence-electron chi connectivity index (χ0n) is 10.4. The number of aromatic amines is 1. The van der Waals surface area contributed by atoms with Crippen LogP contribution in [0.15, 0.2) is 34.8 Å². The van der Waals surface area contributed by atoms with Crippen molar-refractivity contribution in [1.82, 2.24) is 9.55 Å². The maximum atomic E-state index is 14.1. The molecular weight excluding hydrogens is 346 g/mol. The summed E-state index contributed by atoms with van der Waals surface area (Å²) in [6.45, 7) is 1.92. The minimum atomic E-state index is -0.914. The highest BCUT2D eigenvalue weighted by Crippen LogP contribution is 2.29. The molecule has 1 N–H and O–H groups in total. The number of imidazole rings is 1. The van der Waals surface area contributed by atoms with E-state index in [4.69, 9.17) is 12.2 Å². The summed E-state index contributed by atoms with van der Waals surface area (Å²) in [5, 5.41) is 0. The second-order valence-electron chi connectivity index (χ2n) is 4.48. The number of fused-ring (bicyclic) bond motifs is 1. The van der Waals surface area contributed by atoms with Crippen LogP contribution in [0.1, 0.15) is 5.56 Å². The van der Waals surface area contributed by atoms with Crippen molar-refractivity contribution in [2.24, 2.45) is 0 Å². The number of nitrogens with zero attached hydrogens (tertiary/aromatic N) is 1. The molecule has 0 saturated heterocycles. The van der Waals surface area contributed by atoms with Crippen LogP contribution in [-0.2, 0) is 0 Å². The first-order valence-corrected chi connectivity index (χ1v) is 7.04. The van der Waals surface area contributed by atoms with Gasteiger partial charge in [-0.3, -0.25) is 4.57 Å². The van der Waals surface area contributed by atoms with Gasteiger partial charge in [-0.1, -0.05) is 6.07 Å². The van der Waals surface area contributed by atoms with Crippen LogP contribution < -0.4 is 0 Å². The summed E-state index contributed by atoms with van der Waals surface area (Å²) in [6, 6.07) is 8.19. The van der Waals surface area contributed by atoms with Gasteiger partial charge in [0.15, 0.2) is 16.4 Å². The number of aromatic nitrogens is 2. The third-order valence-electron chi connectivity index (χ3n) is 3.08. The van der Waals surface area contributed by atoms with Gasteiger partial charge in [-0.05, 0) is 64.9 Å². The van der Waals surface area contributed by atoms with E-state index in [0.29, 0.717) is 16.0 Å². The van der Waals surface area contributed by atoms with Crippen molar-refractivity contribution in [2.45, 2.75) is 6.92 Å². The van der Waals surface area contributed by atoms with E-state index < -0.39 is 11.6 Å². The molecule has 0 aliphatic heterocycles. The minimum absolute atomic E-state index is 0.112. The predicted octanol–water partition coefficient (Wildman–Crippen LogP) is 5.04. The lowest BCUT2D eigenvalue weighted by Crippen LogP contribution is -1.99. The van der Waals surface area contributed by atoms with Crippen LogP contribution in [0.2, 0.25) is 0 Å². The van der Waals surface area contributed by atoms with Gasteiger partial charge in [0.25, 0.3) is 0 Å². The van der Waals surface area contributed by atoms with E-state index in [1.807, 2.05) is 25.1 Å². The Morgan fingerprint density at radius 2 is 1.95 bits per heavy atom. The second-order valence-corrected chi connectivity index (χ2v) is 5.72. The summed E-state index contributed by atoms with van der Waals surface area (Å²) >= 11 is 8.66. The van der Waals surface area contributed by atoms with Gasteiger partial charge < -0.3 is 4.98 Å². The fourth-order valence-electron chi connectivity index (χ4n) is 2.16. The highest BCUT2D eigenvalue weighted by molar-refractivity contribution is 9.10. The standard InChI is InChI=1S/C14H9BrF2N2S/c1-7-2-3-8(15)11(6-7)19-13-10(18-14(19)20)5-4-9(16)12(13)17/h2-6H,1H3,(H,18,20). The Kier molecular flexibility index (Phi) is 3.22. The van der Waals surface area contributed by atoms with Crippen molar-refractivity contribution in [1.29, 1.82) is 0 Å². The van der Waals surface area contributed by atoms with Crippen LogP contribution in [0.25, 0.3) is 16.7 Å². The van der Waals surface area contributed by atoms with Crippen molar-refractivity contribution in [3.05, 3.63) is 56.8 Å². The topological polar surface area (TPSA) is 20.7 Å². The number of hydrogen-bond donors (Lipinski definition) is 1. The van der Waals surface area contributed by atoms with Gasteiger partial charge in [-0.2, -0.15) is 0 Å². The second kappa shape index (κ2) is 4.79. The minimum Gasteiger partial charge on any atom is -0.330 e. The summed E-state index contributed by atoms with van der Waals surface area (Å²) in [4.78, 5) is 2.89. The van der Waals surface area contributed by atoms with Gasteiger partial charge in [-0.25, -0.2) is 8.78 Å². The van der Waals surface area contributed by atoms with Gasteiger partial charge in [0.1, 0.15) is 5.52 Å². The lowest BCUT2D eigenvalue weighted by molar-refractivity contribution is 0.514. The molecule has 0 unspecified atom stereocenters. The van der Waals surface area contributed by atoms with Gasteiger partial charge in [-0.15, -0.1) is 0 Å². The average Bonchev–Trinajstić information content (AvgIpc) is 2.74. The molecule has 0 saturated carbocycles. The third kappa shape index (κ3) is 1.99. The summed E-state index contributed by atoms with van der Waals surface area (Å²) in [6.07, 6.45) is 0. The molecule has 0 aliphatic rings. The van der Waals surface area contributed by atoms with Crippen molar-refractivity contribution in [3.63, 3.8) is 0 Å². The number of rotatable bonds is 1. The first-order chi connectivity index (χ1) is 9.49. The van der Waals surface area contributed by atoms with Crippen molar-refractivity contribution >= 4 is 39.2 Å². The molecule has 3 rings (SSSR count).